The van der Waals surface area contributed by atoms with Crippen molar-refractivity contribution in [2.24, 2.45) is 0 Å². The molecule has 1 aliphatic rings. The molecule has 5 rings (SSSR count). The molecule has 8 nitrogen and oxygen atoms in total. The van der Waals surface area contributed by atoms with Crippen molar-refractivity contribution in [3.63, 3.8) is 0 Å². The van der Waals surface area contributed by atoms with Gasteiger partial charge in [0.2, 0.25) is 14.9 Å². The van der Waals surface area contributed by atoms with Crippen LogP contribution in [0.3, 0.4) is 0 Å². The molecule has 2 aromatic heterocycles. The van der Waals surface area contributed by atoms with Crippen molar-refractivity contribution in [1.29, 1.82) is 0 Å². The highest BCUT2D eigenvalue weighted by molar-refractivity contribution is 7.91. The van der Waals surface area contributed by atoms with E-state index in [4.69, 9.17) is 4.74 Å². The topological polar surface area (TPSA) is 106 Å². The van der Waals surface area contributed by atoms with Crippen LogP contribution in [0.15, 0.2) is 51.1 Å². The second-order valence-corrected chi connectivity index (χ2v) is 9.11. The molecule has 1 aliphatic carbocycles. The largest absolute Gasteiger partial charge is 0.497 e. The molecule has 1 fully saturated rings. The van der Waals surface area contributed by atoms with E-state index < -0.39 is 15.4 Å². The maximum Gasteiger partial charge on any atom is 0.281 e. The van der Waals surface area contributed by atoms with Crippen LogP contribution in [-0.4, -0.2) is 35.3 Å². The normalized spacial score (nSPS) is 14.6. The number of fused-ring (bicyclic) bond motifs is 3. The summed E-state index contributed by atoms with van der Waals surface area (Å²) in [6, 6.07) is 10.3. The van der Waals surface area contributed by atoms with Gasteiger partial charge < -0.3 is 4.74 Å². The summed E-state index contributed by atoms with van der Waals surface area (Å²) in [6.07, 6.45) is 2.28. The fourth-order valence-electron chi connectivity index (χ4n) is 3.64. The summed E-state index contributed by atoms with van der Waals surface area (Å²) in [5.74, 6) is 1.06. The number of hydrogen-bond donors (Lipinski definition) is 1. The number of aryl methyl sites for hydroxylation is 1. The fourth-order valence-corrected chi connectivity index (χ4v) is 5.12. The predicted molar refractivity (Wildman–Crippen MR) is 106 cm³/mol. The molecule has 0 bridgehead atoms. The maximum atomic E-state index is 13.3. The first-order chi connectivity index (χ1) is 13.9. The molecule has 2 heterocycles. The van der Waals surface area contributed by atoms with E-state index in [-0.39, 0.29) is 15.6 Å². The molecule has 0 aliphatic heterocycles. The molecule has 1 N–H and O–H groups in total. The second kappa shape index (κ2) is 6.15. The van der Waals surface area contributed by atoms with Crippen molar-refractivity contribution in [1.82, 2.24) is 19.8 Å². The lowest BCUT2D eigenvalue weighted by molar-refractivity contribution is 0.415. The van der Waals surface area contributed by atoms with Gasteiger partial charge in [-0.05, 0) is 55.0 Å². The molecule has 0 amide bonds. The molecular weight excluding hydrogens is 392 g/mol. The van der Waals surface area contributed by atoms with E-state index >= 15 is 0 Å². The van der Waals surface area contributed by atoms with Crippen LogP contribution in [-0.2, 0) is 9.84 Å². The molecule has 148 valence electrons. The van der Waals surface area contributed by atoms with Crippen LogP contribution in [0.5, 0.6) is 5.75 Å². The second-order valence-electron chi connectivity index (χ2n) is 7.28. The maximum absolute atomic E-state index is 13.3. The van der Waals surface area contributed by atoms with Crippen LogP contribution in [0.4, 0.5) is 0 Å². The number of ether oxygens (including phenoxy) is 1. The third-order valence-electron chi connectivity index (χ3n) is 5.33. The third kappa shape index (κ3) is 2.72. The zero-order chi connectivity index (χ0) is 20.3. The Kier molecular flexibility index (Phi) is 3.79. The van der Waals surface area contributed by atoms with E-state index in [1.54, 1.807) is 31.2 Å². The van der Waals surface area contributed by atoms with Gasteiger partial charge in [-0.1, -0.05) is 12.1 Å². The van der Waals surface area contributed by atoms with E-state index in [1.807, 2.05) is 12.1 Å². The Hall–Kier alpha value is -3.20. The summed E-state index contributed by atoms with van der Waals surface area (Å²) in [4.78, 5) is 16.7. The van der Waals surface area contributed by atoms with E-state index in [0.29, 0.717) is 28.1 Å². The number of H-pyrrole nitrogens is 1. The van der Waals surface area contributed by atoms with E-state index in [1.165, 1.54) is 11.6 Å². The van der Waals surface area contributed by atoms with Crippen molar-refractivity contribution >= 4 is 26.4 Å². The van der Waals surface area contributed by atoms with E-state index in [0.717, 1.165) is 18.4 Å². The molecule has 4 aromatic rings. The number of nitrogens with zero attached hydrogens (tertiary/aromatic N) is 3. The van der Waals surface area contributed by atoms with Gasteiger partial charge in [0, 0.05) is 6.07 Å². The Labute approximate surface area is 166 Å². The Morgan fingerprint density at radius 3 is 2.66 bits per heavy atom. The average Bonchev–Trinajstić information content (AvgIpc) is 3.46. The molecule has 0 unspecified atom stereocenters. The van der Waals surface area contributed by atoms with Gasteiger partial charge in [-0.2, -0.15) is 4.98 Å². The Balaban J connectivity index is 1.73. The van der Waals surface area contributed by atoms with Crippen LogP contribution in [0.25, 0.3) is 16.6 Å². The number of aromatic amines is 1. The van der Waals surface area contributed by atoms with Crippen molar-refractivity contribution in [2.45, 2.75) is 35.6 Å². The lowest BCUT2D eigenvalue weighted by atomic mass is 10.1. The summed E-state index contributed by atoms with van der Waals surface area (Å²) >= 11 is 0. The highest BCUT2D eigenvalue weighted by atomic mass is 32.2. The minimum absolute atomic E-state index is 0.0403. The molecule has 1 saturated carbocycles. The number of rotatable bonds is 4. The number of sulfone groups is 1. The minimum atomic E-state index is -3.97. The zero-order valence-corrected chi connectivity index (χ0v) is 16.7. The van der Waals surface area contributed by atoms with Gasteiger partial charge >= 0.3 is 0 Å². The zero-order valence-electron chi connectivity index (χ0n) is 15.8. The lowest BCUT2D eigenvalue weighted by Gasteiger charge is -2.08. The summed E-state index contributed by atoms with van der Waals surface area (Å²) < 4.78 is 33.3. The van der Waals surface area contributed by atoms with Crippen LogP contribution in [0.2, 0.25) is 0 Å². The number of nitrogens with one attached hydrogen (secondary N) is 1. The predicted octanol–water partition coefficient (Wildman–Crippen LogP) is 2.60. The summed E-state index contributed by atoms with van der Waals surface area (Å²) in [5, 5.41) is 6.74. The first-order valence-corrected chi connectivity index (χ1v) is 10.7. The highest BCUT2D eigenvalue weighted by Crippen LogP contribution is 2.41. The van der Waals surface area contributed by atoms with E-state index in [2.05, 4.69) is 15.3 Å². The standard InChI is InChI=1S/C20H18N4O4S/c1-11-9-13(12-3-4-12)5-8-17(11)29(26,27)20-18-21-19(25)15-7-6-14(28-2)10-16(15)24(18)23-22-20/h5-10,12,23H,3-4H2,1-2H3. The van der Waals surface area contributed by atoms with Crippen molar-refractivity contribution in [3.05, 3.63) is 57.9 Å². The quantitative estimate of drug-likeness (QED) is 0.554. The molecule has 2 aromatic carbocycles. The van der Waals surface area contributed by atoms with Crippen LogP contribution < -0.4 is 10.3 Å². The first kappa shape index (κ1) is 17.9. The van der Waals surface area contributed by atoms with Crippen LogP contribution in [0, 0.1) is 6.92 Å². The number of benzene rings is 2. The van der Waals surface area contributed by atoms with Gasteiger partial charge in [-0.15, -0.1) is 5.10 Å². The Bertz CT molecular complexity index is 1450. The van der Waals surface area contributed by atoms with Gasteiger partial charge in [0.05, 0.1) is 22.9 Å². The van der Waals surface area contributed by atoms with Gasteiger partial charge in [0.1, 0.15) is 5.75 Å². The average molecular weight is 410 g/mol. The molecule has 9 heteroatoms. The Morgan fingerprint density at radius 1 is 1.17 bits per heavy atom. The summed E-state index contributed by atoms with van der Waals surface area (Å²) in [5.41, 5.74) is 1.68. The van der Waals surface area contributed by atoms with Crippen LogP contribution >= 0.6 is 0 Å². The molecule has 0 radical (unpaired) electrons. The monoisotopic (exact) mass is 410 g/mol. The first-order valence-electron chi connectivity index (χ1n) is 9.20. The molecule has 0 atom stereocenters. The number of aromatic nitrogens is 4. The molecule has 0 spiro atoms. The molecule has 29 heavy (non-hydrogen) atoms. The number of methoxy groups -OCH3 is 1. The van der Waals surface area contributed by atoms with Crippen molar-refractivity contribution in [2.75, 3.05) is 7.11 Å². The smallest absolute Gasteiger partial charge is 0.281 e. The molecule has 0 saturated heterocycles. The summed E-state index contributed by atoms with van der Waals surface area (Å²) in [7, 11) is -2.46. The fraction of sp³-hybridized carbons (Fsp3) is 0.250. The van der Waals surface area contributed by atoms with Gasteiger partial charge in [0.25, 0.3) is 5.56 Å². The van der Waals surface area contributed by atoms with Gasteiger partial charge in [-0.25, -0.2) is 18.1 Å². The highest BCUT2D eigenvalue weighted by Gasteiger charge is 2.29. The van der Waals surface area contributed by atoms with E-state index in [9.17, 15) is 13.2 Å². The summed E-state index contributed by atoms with van der Waals surface area (Å²) in [6.45, 7) is 1.77. The van der Waals surface area contributed by atoms with Crippen molar-refractivity contribution < 1.29 is 13.2 Å². The van der Waals surface area contributed by atoms with Crippen molar-refractivity contribution in [3.8, 4) is 5.75 Å². The van der Waals surface area contributed by atoms with Gasteiger partial charge in [0.15, 0.2) is 5.65 Å². The lowest BCUT2D eigenvalue weighted by Crippen LogP contribution is -2.12. The molecular formula is C20H18N4O4S. The minimum Gasteiger partial charge on any atom is -0.497 e. The third-order valence-corrected chi connectivity index (χ3v) is 7.15. The van der Waals surface area contributed by atoms with Gasteiger partial charge in [-0.3, -0.25) is 4.79 Å². The SMILES string of the molecule is COc1ccc2c(=O)nc3c(S(=O)(=O)c4ccc(C5CC5)cc4C)n[nH]n3c2c1. The van der Waals surface area contributed by atoms with Crippen LogP contribution in [0.1, 0.15) is 29.9 Å². The number of hydrogen-bond acceptors (Lipinski definition) is 6. The Morgan fingerprint density at radius 2 is 1.97 bits per heavy atom.